The zero-order chi connectivity index (χ0) is 22.8. The summed E-state index contributed by atoms with van der Waals surface area (Å²) in [4.78, 5) is 4.91. The van der Waals surface area contributed by atoms with Crippen molar-refractivity contribution in [1.82, 2.24) is 25.6 Å². The van der Waals surface area contributed by atoms with Gasteiger partial charge in [0.25, 0.3) is 0 Å². The van der Waals surface area contributed by atoms with Gasteiger partial charge in [0.1, 0.15) is 0 Å². The summed E-state index contributed by atoms with van der Waals surface area (Å²) >= 11 is 0. The standard InChI is InChI=1S/C27H25N5O/c1-3-25-23(24(16-33)22-14-17(2)8-13-26(22)28-25)15-18-9-11-19(12-10-18)20-6-4-5-7-21(20)27-29-31-32-30-27/h4-14,33H,3,15-16H2,1-2H3,(H,29,30,31,32). The molecule has 0 bridgehead atoms. The lowest BCUT2D eigenvalue weighted by atomic mass is 9.92. The maximum atomic E-state index is 10.3. The number of benzene rings is 3. The number of fused-ring (bicyclic) bond motifs is 1. The number of tetrazole rings is 1. The normalized spacial score (nSPS) is 11.2. The van der Waals surface area contributed by atoms with Gasteiger partial charge in [-0.3, -0.25) is 4.98 Å². The van der Waals surface area contributed by atoms with Crippen LogP contribution in [0.15, 0.2) is 66.7 Å². The van der Waals surface area contributed by atoms with Gasteiger partial charge in [-0.15, -0.1) is 10.2 Å². The van der Waals surface area contributed by atoms with Crippen LogP contribution in [0.1, 0.15) is 34.9 Å². The fourth-order valence-corrected chi connectivity index (χ4v) is 4.43. The van der Waals surface area contributed by atoms with Gasteiger partial charge in [-0.05, 0) is 64.9 Å². The Morgan fingerprint density at radius 1 is 0.909 bits per heavy atom. The second-order valence-corrected chi connectivity index (χ2v) is 8.20. The Hall–Kier alpha value is -3.90. The highest BCUT2D eigenvalue weighted by Crippen LogP contribution is 2.31. The van der Waals surface area contributed by atoms with E-state index in [1.807, 2.05) is 24.3 Å². The Morgan fingerprint density at radius 2 is 1.70 bits per heavy atom. The van der Waals surface area contributed by atoms with Crippen molar-refractivity contribution in [2.45, 2.75) is 33.3 Å². The fraction of sp³-hybridized carbons (Fsp3) is 0.185. The molecule has 5 aromatic rings. The Kier molecular flexibility index (Phi) is 5.67. The maximum absolute atomic E-state index is 10.3. The molecule has 33 heavy (non-hydrogen) atoms. The molecule has 5 rings (SSSR count). The molecule has 0 amide bonds. The average Bonchev–Trinajstić information content (AvgIpc) is 3.39. The number of aliphatic hydroxyl groups excluding tert-OH is 1. The molecule has 3 aromatic carbocycles. The first-order valence-electron chi connectivity index (χ1n) is 11.1. The molecule has 2 N–H and O–H groups in total. The zero-order valence-electron chi connectivity index (χ0n) is 18.7. The summed E-state index contributed by atoms with van der Waals surface area (Å²) in [5.41, 5.74) is 9.51. The van der Waals surface area contributed by atoms with Crippen molar-refractivity contribution in [3.8, 4) is 22.5 Å². The molecule has 0 unspecified atom stereocenters. The third kappa shape index (κ3) is 4.01. The van der Waals surface area contributed by atoms with Crippen molar-refractivity contribution in [2.24, 2.45) is 0 Å². The van der Waals surface area contributed by atoms with Crippen LogP contribution in [-0.4, -0.2) is 30.7 Å². The molecule has 0 radical (unpaired) electrons. The minimum absolute atomic E-state index is 0.000958. The van der Waals surface area contributed by atoms with E-state index in [1.165, 1.54) is 11.1 Å². The van der Waals surface area contributed by atoms with Crippen molar-refractivity contribution in [1.29, 1.82) is 0 Å². The van der Waals surface area contributed by atoms with Crippen molar-refractivity contribution >= 4 is 10.9 Å². The molecule has 6 nitrogen and oxygen atoms in total. The number of aliphatic hydroxyl groups is 1. The van der Waals surface area contributed by atoms with Crippen molar-refractivity contribution in [3.63, 3.8) is 0 Å². The highest BCUT2D eigenvalue weighted by atomic mass is 16.3. The maximum Gasteiger partial charge on any atom is 0.205 e. The molecule has 6 heteroatoms. The summed E-state index contributed by atoms with van der Waals surface area (Å²) in [5.74, 6) is 0.576. The summed E-state index contributed by atoms with van der Waals surface area (Å²) in [7, 11) is 0. The van der Waals surface area contributed by atoms with Crippen LogP contribution < -0.4 is 0 Å². The fourth-order valence-electron chi connectivity index (χ4n) is 4.43. The number of rotatable bonds is 6. The summed E-state index contributed by atoms with van der Waals surface area (Å²) in [6.45, 7) is 4.19. The van der Waals surface area contributed by atoms with Crippen molar-refractivity contribution in [3.05, 3.63) is 94.7 Å². The number of nitrogens with zero attached hydrogens (tertiary/aromatic N) is 4. The Labute approximate surface area is 192 Å². The van der Waals surface area contributed by atoms with E-state index >= 15 is 0 Å². The minimum atomic E-state index is 0.000958. The van der Waals surface area contributed by atoms with E-state index < -0.39 is 0 Å². The van der Waals surface area contributed by atoms with Crippen LogP contribution in [0.4, 0.5) is 0 Å². The zero-order valence-corrected chi connectivity index (χ0v) is 18.7. The van der Waals surface area contributed by atoms with Crippen LogP contribution in [0.5, 0.6) is 0 Å². The number of H-pyrrole nitrogens is 1. The lowest BCUT2D eigenvalue weighted by Gasteiger charge is -2.16. The van der Waals surface area contributed by atoms with E-state index in [0.717, 1.165) is 57.3 Å². The first-order valence-corrected chi connectivity index (χ1v) is 11.1. The van der Waals surface area contributed by atoms with Gasteiger partial charge in [0, 0.05) is 16.6 Å². The van der Waals surface area contributed by atoms with E-state index in [0.29, 0.717) is 5.82 Å². The topological polar surface area (TPSA) is 87.6 Å². The number of hydrogen-bond donors (Lipinski definition) is 2. The van der Waals surface area contributed by atoms with Crippen LogP contribution in [0.2, 0.25) is 0 Å². The summed E-state index contributed by atoms with van der Waals surface area (Å²) in [6, 6.07) is 22.8. The molecule has 0 aliphatic rings. The first kappa shape index (κ1) is 21.0. The SMILES string of the molecule is CCc1nc2ccc(C)cc2c(CO)c1Cc1ccc(-c2ccccc2-c2nn[nH]n2)cc1. The number of nitrogens with one attached hydrogen (secondary N) is 1. The molecule has 0 aliphatic heterocycles. The van der Waals surface area contributed by atoms with Crippen LogP contribution in [0.3, 0.4) is 0 Å². The van der Waals surface area contributed by atoms with Crippen molar-refractivity contribution < 1.29 is 5.11 Å². The molecule has 2 heterocycles. The summed E-state index contributed by atoms with van der Waals surface area (Å²) in [6.07, 6.45) is 1.55. The highest BCUT2D eigenvalue weighted by molar-refractivity contribution is 5.84. The summed E-state index contributed by atoms with van der Waals surface area (Å²) in [5, 5.41) is 25.8. The smallest absolute Gasteiger partial charge is 0.205 e. The third-order valence-corrected chi connectivity index (χ3v) is 6.10. The molecular formula is C27H25N5O. The van der Waals surface area contributed by atoms with Gasteiger partial charge in [-0.1, -0.05) is 67.1 Å². The van der Waals surface area contributed by atoms with Gasteiger partial charge in [0.15, 0.2) is 0 Å². The Bertz CT molecular complexity index is 1410. The Balaban J connectivity index is 1.52. The predicted molar refractivity (Wildman–Crippen MR) is 130 cm³/mol. The molecule has 0 saturated carbocycles. The average molecular weight is 436 g/mol. The third-order valence-electron chi connectivity index (χ3n) is 6.10. The number of aromatic nitrogens is 5. The highest BCUT2D eigenvalue weighted by Gasteiger charge is 2.15. The van der Waals surface area contributed by atoms with Crippen LogP contribution in [-0.2, 0) is 19.4 Å². The Morgan fingerprint density at radius 3 is 2.39 bits per heavy atom. The molecule has 0 aliphatic carbocycles. The van der Waals surface area contributed by atoms with Crippen LogP contribution >= 0.6 is 0 Å². The van der Waals surface area contributed by atoms with Crippen molar-refractivity contribution in [2.75, 3.05) is 0 Å². The van der Waals surface area contributed by atoms with E-state index in [-0.39, 0.29) is 6.61 Å². The lowest BCUT2D eigenvalue weighted by molar-refractivity contribution is 0.282. The van der Waals surface area contributed by atoms with Gasteiger partial charge in [-0.25, -0.2) is 0 Å². The van der Waals surface area contributed by atoms with Gasteiger partial charge in [-0.2, -0.15) is 5.21 Å². The van der Waals surface area contributed by atoms with E-state index in [4.69, 9.17) is 4.98 Å². The van der Waals surface area contributed by atoms with Gasteiger partial charge in [0.05, 0.1) is 12.1 Å². The molecule has 2 aromatic heterocycles. The number of aromatic amines is 1. The molecule has 0 saturated heterocycles. The molecule has 164 valence electrons. The molecular weight excluding hydrogens is 410 g/mol. The lowest BCUT2D eigenvalue weighted by Crippen LogP contribution is -2.05. The van der Waals surface area contributed by atoms with Gasteiger partial charge in [0.2, 0.25) is 5.82 Å². The predicted octanol–water partition coefficient (Wildman–Crippen LogP) is 5.04. The second-order valence-electron chi connectivity index (χ2n) is 8.20. The number of aryl methyl sites for hydroxylation is 2. The van der Waals surface area contributed by atoms with E-state index in [9.17, 15) is 5.11 Å². The van der Waals surface area contributed by atoms with E-state index in [1.54, 1.807) is 0 Å². The second kappa shape index (κ2) is 8.92. The largest absolute Gasteiger partial charge is 0.392 e. The summed E-state index contributed by atoms with van der Waals surface area (Å²) < 4.78 is 0. The van der Waals surface area contributed by atoms with Crippen LogP contribution in [0.25, 0.3) is 33.4 Å². The molecule has 0 fully saturated rings. The van der Waals surface area contributed by atoms with Gasteiger partial charge >= 0.3 is 0 Å². The number of pyridine rings is 1. The van der Waals surface area contributed by atoms with Gasteiger partial charge < -0.3 is 5.11 Å². The molecule has 0 spiro atoms. The first-order chi connectivity index (χ1) is 16.2. The minimum Gasteiger partial charge on any atom is -0.392 e. The molecule has 0 atom stereocenters. The van der Waals surface area contributed by atoms with E-state index in [2.05, 4.69) is 76.9 Å². The quantitative estimate of drug-likeness (QED) is 0.390. The monoisotopic (exact) mass is 435 g/mol. The van der Waals surface area contributed by atoms with Crippen LogP contribution in [0, 0.1) is 6.92 Å². The number of hydrogen-bond acceptors (Lipinski definition) is 5.